The van der Waals surface area contributed by atoms with Crippen LogP contribution in [-0.4, -0.2) is 27.9 Å². The van der Waals surface area contributed by atoms with E-state index in [0.717, 1.165) is 6.07 Å². The Balaban J connectivity index is 2.91. The van der Waals surface area contributed by atoms with Crippen molar-refractivity contribution in [1.29, 1.82) is 0 Å². The molecular weight excluding hydrogens is 266 g/mol. The molecule has 1 amide bonds. The molecule has 0 bridgehead atoms. The second-order valence-electron chi connectivity index (χ2n) is 4.33. The number of primary amides is 1. The summed E-state index contributed by atoms with van der Waals surface area (Å²) in [6.07, 6.45) is 0.283. The minimum atomic E-state index is -0.933. The van der Waals surface area contributed by atoms with Gasteiger partial charge in [-0.15, -0.1) is 0 Å². The molecule has 1 rings (SSSR count). The maximum Gasteiger partial charge on any atom is 0.303 e. The number of amides is 1. The molecule has 1 aromatic rings. The summed E-state index contributed by atoms with van der Waals surface area (Å²) in [4.78, 5) is 31.8. The van der Waals surface area contributed by atoms with Crippen molar-refractivity contribution in [1.82, 2.24) is 0 Å². The van der Waals surface area contributed by atoms with E-state index in [1.807, 2.05) is 0 Å². The summed E-state index contributed by atoms with van der Waals surface area (Å²) >= 11 is 0. The molecule has 0 spiro atoms. The van der Waals surface area contributed by atoms with Gasteiger partial charge in [0.25, 0.3) is 5.69 Å². The lowest BCUT2D eigenvalue weighted by molar-refractivity contribution is -0.384. The van der Waals surface area contributed by atoms with Crippen LogP contribution in [0.5, 0.6) is 0 Å². The second-order valence-corrected chi connectivity index (χ2v) is 4.33. The number of nitro groups is 1. The molecule has 0 saturated carbocycles. The van der Waals surface area contributed by atoms with Crippen LogP contribution in [0.3, 0.4) is 0 Å². The molecule has 0 aliphatic heterocycles. The van der Waals surface area contributed by atoms with E-state index in [0.29, 0.717) is 6.42 Å². The summed E-state index contributed by atoms with van der Waals surface area (Å²) in [7, 11) is 0. The van der Waals surface area contributed by atoms with Crippen molar-refractivity contribution >= 4 is 23.3 Å². The van der Waals surface area contributed by atoms with Gasteiger partial charge < -0.3 is 16.2 Å². The van der Waals surface area contributed by atoms with E-state index in [1.165, 1.54) is 12.1 Å². The monoisotopic (exact) mass is 281 g/mol. The highest BCUT2D eigenvalue weighted by Gasteiger charge is 2.18. The molecule has 0 saturated heterocycles. The molecule has 0 radical (unpaired) electrons. The number of carboxylic acids is 1. The number of anilines is 1. The summed E-state index contributed by atoms with van der Waals surface area (Å²) in [5.41, 5.74) is 5.06. The Kier molecular flexibility index (Phi) is 5.01. The van der Waals surface area contributed by atoms with E-state index in [9.17, 15) is 19.7 Å². The van der Waals surface area contributed by atoms with Gasteiger partial charge in [-0.1, -0.05) is 0 Å². The number of rotatable bonds is 7. The molecule has 20 heavy (non-hydrogen) atoms. The van der Waals surface area contributed by atoms with E-state index < -0.39 is 16.8 Å². The number of carboxylic acid groups (broad SMARTS) is 1. The summed E-state index contributed by atoms with van der Waals surface area (Å²) < 4.78 is 0. The van der Waals surface area contributed by atoms with E-state index in [2.05, 4.69) is 5.32 Å². The van der Waals surface area contributed by atoms with Crippen molar-refractivity contribution in [2.24, 2.45) is 5.73 Å². The second kappa shape index (κ2) is 6.50. The molecule has 0 aliphatic rings. The van der Waals surface area contributed by atoms with Gasteiger partial charge in [-0.3, -0.25) is 19.7 Å². The minimum absolute atomic E-state index is 0.0403. The zero-order valence-electron chi connectivity index (χ0n) is 10.8. The lowest BCUT2D eigenvalue weighted by Gasteiger charge is -2.14. The van der Waals surface area contributed by atoms with Gasteiger partial charge in [-0.2, -0.15) is 0 Å². The van der Waals surface area contributed by atoms with Gasteiger partial charge in [0.2, 0.25) is 5.91 Å². The van der Waals surface area contributed by atoms with Crippen LogP contribution in [0.1, 0.15) is 30.1 Å². The number of carbonyl (C=O) groups is 2. The van der Waals surface area contributed by atoms with Crippen molar-refractivity contribution in [2.75, 3.05) is 5.32 Å². The predicted octanol–water partition coefficient (Wildman–Crippen LogP) is 1.36. The maximum absolute atomic E-state index is 11.0. The Morgan fingerprint density at radius 2 is 2.15 bits per heavy atom. The number of nitrogens with one attached hydrogen (secondary N) is 1. The van der Waals surface area contributed by atoms with Crippen LogP contribution < -0.4 is 11.1 Å². The van der Waals surface area contributed by atoms with E-state index in [4.69, 9.17) is 10.8 Å². The first-order valence-electron chi connectivity index (χ1n) is 5.88. The smallest absolute Gasteiger partial charge is 0.303 e. The molecule has 1 aromatic carbocycles. The zero-order valence-corrected chi connectivity index (χ0v) is 10.8. The highest BCUT2D eigenvalue weighted by molar-refractivity contribution is 5.94. The Bertz CT molecular complexity index is 544. The third kappa shape index (κ3) is 4.23. The van der Waals surface area contributed by atoms with Gasteiger partial charge in [0.05, 0.1) is 4.92 Å². The van der Waals surface area contributed by atoms with Crippen LogP contribution >= 0.6 is 0 Å². The topological polar surface area (TPSA) is 136 Å². The van der Waals surface area contributed by atoms with Gasteiger partial charge in [0.1, 0.15) is 5.69 Å². The molecule has 8 heteroatoms. The molecule has 0 heterocycles. The SMILES string of the molecule is CC(CCC(=O)O)Nc1ccc(C(N)=O)cc1[N+](=O)[O-]. The number of benzene rings is 1. The van der Waals surface area contributed by atoms with Crippen LogP contribution in [0.4, 0.5) is 11.4 Å². The standard InChI is InChI=1S/C12H15N3O5/c1-7(2-5-11(16)17)14-9-4-3-8(12(13)18)6-10(9)15(19)20/h3-4,6-7,14H,2,5H2,1H3,(H2,13,18)(H,16,17). The van der Waals surface area contributed by atoms with Crippen LogP contribution in [0.2, 0.25) is 0 Å². The number of nitrogens with zero attached hydrogens (tertiary/aromatic N) is 1. The fourth-order valence-corrected chi connectivity index (χ4v) is 1.64. The molecular formula is C12H15N3O5. The summed E-state index contributed by atoms with van der Waals surface area (Å²) in [6, 6.07) is 3.59. The Morgan fingerprint density at radius 1 is 1.50 bits per heavy atom. The first kappa shape index (κ1) is 15.4. The summed E-state index contributed by atoms with van der Waals surface area (Å²) in [5, 5.41) is 22.4. The molecule has 0 aliphatic carbocycles. The Morgan fingerprint density at radius 3 is 2.65 bits per heavy atom. The fraction of sp³-hybridized carbons (Fsp3) is 0.333. The molecule has 0 fully saturated rings. The van der Waals surface area contributed by atoms with Crippen LogP contribution in [0.25, 0.3) is 0 Å². The van der Waals surface area contributed by atoms with Gasteiger partial charge in [-0.05, 0) is 25.5 Å². The number of carbonyl (C=O) groups excluding carboxylic acids is 1. The minimum Gasteiger partial charge on any atom is -0.481 e. The van der Waals surface area contributed by atoms with Gasteiger partial charge in [-0.25, -0.2) is 0 Å². The third-order valence-corrected chi connectivity index (χ3v) is 2.67. The number of aliphatic carboxylic acids is 1. The maximum atomic E-state index is 11.0. The molecule has 108 valence electrons. The average molecular weight is 281 g/mol. The fourth-order valence-electron chi connectivity index (χ4n) is 1.64. The molecule has 0 aromatic heterocycles. The van der Waals surface area contributed by atoms with E-state index >= 15 is 0 Å². The zero-order chi connectivity index (χ0) is 15.3. The van der Waals surface area contributed by atoms with Crippen molar-refractivity contribution in [3.8, 4) is 0 Å². The van der Waals surface area contributed by atoms with Crippen molar-refractivity contribution in [2.45, 2.75) is 25.8 Å². The predicted molar refractivity (Wildman–Crippen MR) is 71.6 cm³/mol. The highest BCUT2D eigenvalue weighted by atomic mass is 16.6. The number of hydrogen-bond donors (Lipinski definition) is 3. The first-order valence-corrected chi connectivity index (χ1v) is 5.88. The molecule has 1 atom stereocenters. The average Bonchev–Trinajstić information content (AvgIpc) is 2.36. The van der Waals surface area contributed by atoms with Crippen LogP contribution in [0, 0.1) is 10.1 Å². The highest BCUT2D eigenvalue weighted by Crippen LogP contribution is 2.26. The lowest BCUT2D eigenvalue weighted by atomic mass is 10.1. The van der Waals surface area contributed by atoms with Crippen molar-refractivity contribution in [3.05, 3.63) is 33.9 Å². The third-order valence-electron chi connectivity index (χ3n) is 2.67. The van der Waals surface area contributed by atoms with Crippen LogP contribution in [-0.2, 0) is 4.79 Å². The Hall–Kier alpha value is -2.64. The van der Waals surface area contributed by atoms with Crippen molar-refractivity contribution < 1.29 is 19.6 Å². The van der Waals surface area contributed by atoms with Crippen LogP contribution in [0.15, 0.2) is 18.2 Å². The largest absolute Gasteiger partial charge is 0.481 e. The molecule has 8 nitrogen and oxygen atoms in total. The van der Waals surface area contributed by atoms with Gasteiger partial charge in [0, 0.05) is 24.1 Å². The molecule has 1 unspecified atom stereocenters. The quantitative estimate of drug-likeness (QED) is 0.510. The van der Waals surface area contributed by atoms with Crippen molar-refractivity contribution in [3.63, 3.8) is 0 Å². The number of nitro benzene ring substituents is 1. The number of nitrogens with two attached hydrogens (primary N) is 1. The first-order chi connectivity index (χ1) is 9.31. The Labute approximate surface area is 114 Å². The summed E-state index contributed by atoms with van der Waals surface area (Å²) in [5.74, 6) is -1.68. The molecule has 4 N–H and O–H groups in total. The van der Waals surface area contributed by atoms with E-state index in [1.54, 1.807) is 6.92 Å². The summed E-state index contributed by atoms with van der Waals surface area (Å²) in [6.45, 7) is 1.72. The number of hydrogen-bond acceptors (Lipinski definition) is 5. The van der Waals surface area contributed by atoms with E-state index in [-0.39, 0.29) is 29.4 Å². The lowest BCUT2D eigenvalue weighted by Crippen LogP contribution is -2.18. The van der Waals surface area contributed by atoms with Gasteiger partial charge in [0.15, 0.2) is 0 Å². The normalized spacial score (nSPS) is 11.7. The van der Waals surface area contributed by atoms with Gasteiger partial charge >= 0.3 is 5.97 Å².